The van der Waals surface area contributed by atoms with E-state index in [9.17, 15) is 22.8 Å². The maximum absolute atomic E-state index is 12.2. The van der Waals surface area contributed by atoms with Crippen molar-refractivity contribution in [1.29, 1.82) is 0 Å². The van der Waals surface area contributed by atoms with Crippen LogP contribution in [0.3, 0.4) is 0 Å². The van der Waals surface area contributed by atoms with Gasteiger partial charge in [0.05, 0.1) is 16.9 Å². The fourth-order valence-electron chi connectivity index (χ4n) is 2.19. The minimum atomic E-state index is -3.25. The molecule has 10 heteroatoms. The van der Waals surface area contributed by atoms with E-state index in [0.717, 1.165) is 17.6 Å². The molecule has 1 heterocycles. The van der Waals surface area contributed by atoms with E-state index in [1.54, 1.807) is 11.4 Å². The first-order chi connectivity index (χ1) is 12.6. The van der Waals surface area contributed by atoms with Crippen LogP contribution in [0.2, 0.25) is 0 Å². The number of rotatable bonds is 7. The van der Waals surface area contributed by atoms with E-state index in [1.807, 2.05) is 0 Å². The molecule has 1 atom stereocenters. The maximum Gasteiger partial charge on any atom is 0.338 e. The van der Waals surface area contributed by atoms with Crippen LogP contribution < -0.4 is 11.1 Å². The number of esters is 1. The molecular formula is C17H18N2O6S2. The Labute approximate surface area is 160 Å². The summed E-state index contributed by atoms with van der Waals surface area (Å²) in [6.07, 6.45) is -0.0473. The summed E-state index contributed by atoms with van der Waals surface area (Å²) in [6, 6.07) is 7.46. The molecule has 0 aliphatic carbocycles. The van der Waals surface area contributed by atoms with Gasteiger partial charge in [-0.2, -0.15) is 0 Å². The fourth-order valence-corrected chi connectivity index (χ4v) is 3.77. The van der Waals surface area contributed by atoms with Crippen LogP contribution in [0.1, 0.15) is 33.2 Å². The van der Waals surface area contributed by atoms with E-state index in [-0.39, 0.29) is 21.9 Å². The molecular weight excluding hydrogens is 392 g/mol. The molecule has 3 N–H and O–H groups in total. The van der Waals surface area contributed by atoms with Crippen LogP contribution >= 0.6 is 11.3 Å². The number of anilines is 1. The molecule has 0 saturated carbocycles. The number of nitrogens with one attached hydrogen (secondary N) is 1. The molecule has 1 aromatic carbocycles. The number of primary amides is 1. The SMILES string of the molecule is CC(OC(=O)c1cccc(CS(C)(=O)=O)c1)C(=O)Nc1sccc1C(N)=O. The van der Waals surface area contributed by atoms with Gasteiger partial charge < -0.3 is 15.8 Å². The van der Waals surface area contributed by atoms with Gasteiger partial charge in [-0.3, -0.25) is 9.59 Å². The molecule has 2 rings (SSSR count). The zero-order valence-corrected chi connectivity index (χ0v) is 16.2. The Kier molecular flexibility index (Phi) is 6.34. The molecule has 0 saturated heterocycles. The third kappa shape index (κ3) is 5.90. The van der Waals surface area contributed by atoms with E-state index in [1.165, 1.54) is 31.2 Å². The smallest absolute Gasteiger partial charge is 0.338 e. The molecule has 8 nitrogen and oxygen atoms in total. The number of thiophene rings is 1. The van der Waals surface area contributed by atoms with Crippen molar-refractivity contribution in [3.05, 3.63) is 52.4 Å². The summed E-state index contributed by atoms with van der Waals surface area (Å²) < 4.78 is 27.9. The molecule has 2 amide bonds. The quantitative estimate of drug-likeness (QED) is 0.666. The van der Waals surface area contributed by atoms with Gasteiger partial charge in [0, 0.05) is 6.26 Å². The van der Waals surface area contributed by atoms with Gasteiger partial charge in [-0.1, -0.05) is 12.1 Å². The second-order valence-corrected chi connectivity index (χ2v) is 8.89. The highest BCUT2D eigenvalue weighted by Gasteiger charge is 2.21. The lowest BCUT2D eigenvalue weighted by molar-refractivity contribution is -0.123. The Bertz CT molecular complexity index is 981. The highest BCUT2D eigenvalue weighted by molar-refractivity contribution is 7.89. The van der Waals surface area contributed by atoms with Gasteiger partial charge in [-0.05, 0) is 36.1 Å². The number of sulfone groups is 1. The van der Waals surface area contributed by atoms with Crippen LogP contribution in [0.25, 0.3) is 0 Å². The highest BCUT2D eigenvalue weighted by Crippen LogP contribution is 2.23. The third-order valence-corrected chi connectivity index (χ3v) is 5.10. The molecule has 0 radical (unpaired) electrons. The molecule has 1 unspecified atom stereocenters. The first kappa shape index (κ1) is 20.6. The number of ether oxygens (including phenoxy) is 1. The number of hydrogen-bond acceptors (Lipinski definition) is 7. The van der Waals surface area contributed by atoms with Gasteiger partial charge in [-0.25, -0.2) is 13.2 Å². The summed E-state index contributed by atoms with van der Waals surface area (Å²) >= 11 is 1.12. The normalized spacial score (nSPS) is 12.2. The van der Waals surface area contributed by atoms with Crippen LogP contribution in [-0.2, 0) is 25.1 Å². The Hall–Kier alpha value is -2.72. The van der Waals surface area contributed by atoms with Crippen molar-refractivity contribution in [2.24, 2.45) is 5.73 Å². The van der Waals surface area contributed by atoms with Gasteiger partial charge in [0.25, 0.3) is 11.8 Å². The largest absolute Gasteiger partial charge is 0.449 e. The van der Waals surface area contributed by atoms with Gasteiger partial charge in [0.2, 0.25) is 0 Å². The average Bonchev–Trinajstić information content (AvgIpc) is 3.01. The van der Waals surface area contributed by atoms with E-state index in [2.05, 4.69) is 5.32 Å². The van der Waals surface area contributed by atoms with Gasteiger partial charge in [-0.15, -0.1) is 11.3 Å². The minimum Gasteiger partial charge on any atom is -0.449 e. The first-order valence-electron chi connectivity index (χ1n) is 7.72. The predicted octanol–water partition coefficient (Wildman–Crippen LogP) is 1.58. The number of carbonyl (C=O) groups excluding carboxylic acids is 3. The van der Waals surface area contributed by atoms with E-state index in [0.29, 0.717) is 5.56 Å². The Morgan fingerprint density at radius 2 is 1.96 bits per heavy atom. The lowest BCUT2D eigenvalue weighted by Crippen LogP contribution is -2.30. The Morgan fingerprint density at radius 1 is 1.26 bits per heavy atom. The molecule has 1 aromatic heterocycles. The van der Waals surface area contributed by atoms with Crippen LogP contribution in [0, 0.1) is 0 Å². The molecule has 2 aromatic rings. The van der Waals surface area contributed by atoms with Crippen LogP contribution in [0.5, 0.6) is 0 Å². The predicted molar refractivity (Wildman–Crippen MR) is 101 cm³/mol. The molecule has 0 bridgehead atoms. The summed E-state index contributed by atoms with van der Waals surface area (Å²) in [7, 11) is -3.25. The summed E-state index contributed by atoms with van der Waals surface area (Å²) in [5.74, 6) is -2.29. The number of benzene rings is 1. The zero-order valence-electron chi connectivity index (χ0n) is 14.6. The van der Waals surface area contributed by atoms with Crippen LogP contribution in [-0.4, -0.2) is 38.6 Å². The minimum absolute atomic E-state index is 0.129. The van der Waals surface area contributed by atoms with Crippen molar-refractivity contribution >= 4 is 44.0 Å². The summed E-state index contributed by atoms with van der Waals surface area (Å²) in [4.78, 5) is 35.7. The standard InChI is InChI=1S/C17H18N2O6S2/c1-10(15(21)19-16-13(14(18)20)6-7-26-16)25-17(22)12-5-3-4-11(8-12)9-27(2,23)24/h3-8,10H,9H2,1-2H3,(H2,18,20)(H,19,21). The van der Waals surface area contributed by atoms with Crippen LogP contribution in [0.15, 0.2) is 35.7 Å². The molecule has 27 heavy (non-hydrogen) atoms. The molecule has 0 spiro atoms. The topological polar surface area (TPSA) is 133 Å². The number of carbonyl (C=O) groups is 3. The Balaban J connectivity index is 2.04. The lowest BCUT2D eigenvalue weighted by atomic mass is 10.1. The van der Waals surface area contributed by atoms with Gasteiger partial charge in [0.15, 0.2) is 15.9 Å². The average molecular weight is 410 g/mol. The maximum atomic E-state index is 12.2. The molecule has 0 aliphatic rings. The number of nitrogens with two attached hydrogens (primary N) is 1. The van der Waals surface area contributed by atoms with E-state index in [4.69, 9.17) is 10.5 Å². The number of amides is 2. The second kappa shape index (κ2) is 8.31. The molecule has 0 fully saturated rings. The second-order valence-electron chi connectivity index (χ2n) is 5.83. The van der Waals surface area contributed by atoms with Gasteiger partial charge in [0.1, 0.15) is 5.00 Å². The van der Waals surface area contributed by atoms with Crippen molar-refractivity contribution in [3.8, 4) is 0 Å². The summed E-state index contributed by atoms with van der Waals surface area (Å²) in [5, 5.41) is 4.36. The molecule has 0 aliphatic heterocycles. The first-order valence-corrected chi connectivity index (χ1v) is 10.7. The van der Waals surface area contributed by atoms with E-state index < -0.39 is 33.7 Å². The van der Waals surface area contributed by atoms with Crippen LogP contribution in [0.4, 0.5) is 5.00 Å². The number of hydrogen-bond donors (Lipinski definition) is 2. The molecule has 144 valence electrons. The van der Waals surface area contributed by atoms with Crippen molar-refractivity contribution in [2.45, 2.75) is 18.8 Å². The summed E-state index contributed by atoms with van der Waals surface area (Å²) in [5.41, 5.74) is 5.95. The monoisotopic (exact) mass is 410 g/mol. The fraction of sp³-hybridized carbons (Fsp3) is 0.235. The lowest BCUT2D eigenvalue weighted by Gasteiger charge is -2.13. The summed E-state index contributed by atoms with van der Waals surface area (Å²) in [6.45, 7) is 1.38. The van der Waals surface area contributed by atoms with E-state index >= 15 is 0 Å². The van der Waals surface area contributed by atoms with Crippen molar-refractivity contribution in [3.63, 3.8) is 0 Å². The Morgan fingerprint density at radius 3 is 2.59 bits per heavy atom. The van der Waals surface area contributed by atoms with Gasteiger partial charge >= 0.3 is 5.97 Å². The van der Waals surface area contributed by atoms with Crippen molar-refractivity contribution < 1.29 is 27.5 Å². The van der Waals surface area contributed by atoms with Crippen molar-refractivity contribution in [1.82, 2.24) is 0 Å². The van der Waals surface area contributed by atoms with Crippen molar-refractivity contribution in [2.75, 3.05) is 11.6 Å². The highest BCUT2D eigenvalue weighted by atomic mass is 32.2. The third-order valence-electron chi connectivity index (χ3n) is 3.41. The zero-order chi connectivity index (χ0) is 20.2.